The monoisotopic (exact) mass is 264 g/mol. The zero-order valence-electron chi connectivity index (χ0n) is 11.3. The molecule has 0 radical (unpaired) electrons. The Morgan fingerprint density at radius 3 is 2.47 bits per heavy atom. The summed E-state index contributed by atoms with van der Waals surface area (Å²) in [4.78, 5) is 11.5. The summed E-state index contributed by atoms with van der Waals surface area (Å²) in [7, 11) is 1.42. The van der Waals surface area contributed by atoms with Crippen molar-refractivity contribution in [1.29, 1.82) is 0 Å². The maximum Gasteiger partial charge on any atom is 0.308 e. The smallest absolute Gasteiger partial charge is 0.308 e. The summed E-state index contributed by atoms with van der Waals surface area (Å²) in [6, 6.07) is 4.73. The Kier molecular flexibility index (Phi) is 3.69. The van der Waals surface area contributed by atoms with Gasteiger partial charge in [-0.3, -0.25) is 4.79 Å². The molecule has 2 N–H and O–H groups in total. The fourth-order valence-electron chi connectivity index (χ4n) is 2.96. The number of carbonyl (C=O) groups excluding carboxylic acids is 1. The Morgan fingerprint density at radius 2 is 1.95 bits per heavy atom. The number of phenols is 2. The lowest BCUT2D eigenvalue weighted by Crippen LogP contribution is -2.32. The standard InChI is InChI=1S/C15H20O4/c1-15(12-4-3-11(16)9-13(12)17)7-5-10(6-8-15)14(18)19-2/h3-4,9-10,16-17H,5-8H2,1-2H3/t10-,15-. The topological polar surface area (TPSA) is 66.8 Å². The molecule has 4 heteroatoms. The minimum atomic E-state index is -0.150. The average Bonchev–Trinajstić information content (AvgIpc) is 2.38. The molecule has 1 aromatic rings. The Morgan fingerprint density at radius 1 is 1.32 bits per heavy atom. The van der Waals surface area contributed by atoms with Crippen LogP contribution in [0, 0.1) is 5.92 Å². The molecule has 104 valence electrons. The van der Waals surface area contributed by atoms with Crippen molar-refractivity contribution in [2.45, 2.75) is 38.0 Å². The van der Waals surface area contributed by atoms with Crippen LogP contribution in [0.4, 0.5) is 0 Å². The fraction of sp³-hybridized carbons (Fsp3) is 0.533. The predicted octanol–water partition coefficient (Wildman–Crippen LogP) is 2.72. The van der Waals surface area contributed by atoms with E-state index in [9.17, 15) is 15.0 Å². The fourth-order valence-corrected chi connectivity index (χ4v) is 2.96. The first-order valence-electron chi connectivity index (χ1n) is 6.56. The van der Waals surface area contributed by atoms with Crippen LogP contribution in [0.5, 0.6) is 11.5 Å². The number of benzene rings is 1. The highest BCUT2D eigenvalue weighted by atomic mass is 16.5. The van der Waals surface area contributed by atoms with E-state index < -0.39 is 0 Å². The summed E-state index contributed by atoms with van der Waals surface area (Å²) in [5, 5.41) is 19.3. The molecular weight excluding hydrogens is 244 g/mol. The highest BCUT2D eigenvalue weighted by molar-refractivity contribution is 5.72. The number of esters is 1. The van der Waals surface area contributed by atoms with Gasteiger partial charge in [0.05, 0.1) is 13.0 Å². The van der Waals surface area contributed by atoms with Crippen LogP contribution in [-0.2, 0) is 14.9 Å². The minimum absolute atomic E-state index is 0.0302. The molecule has 1 aromatic carbocycles. The Labute approximate surface area is 113 Å². The van der Waals surface area contributed by atoms with Gasteiger partial charge in [0, 0.05) is 11.6 Å². The van der Waals surface area contributed by atoms with Crippen LogP contribution >= 0.6 is 0 Å². The summed E-state index contributed by atoms with van der Waals surface area (Å²) in [5.41, 5.74) is 0.691. The van der Waals surface area contributed by atoms with Crippen molar-refractivity contribution < 1.29 is 19.7 Å². The SMILES string of the molecule is COC(=O)[C@H]1CC[C@](C)(c2ccc(O)cc2O)CC1. The van der Waals surface area contributed by atoms with Gasteiger partial charge in [-0.15, -0.1) is 0 Å². The van der Waals surface area contributed by atoms with Crippen molar-refractivity contribution in [1.82, 2.24) is 0 Å². The lowest BCUT2D eigenvalue weighted by molar-refractivity contribution is -0.146. The van der Waals surface area contributed by atoms with Crippen LogP contribution in [0.2, 0.25) is 0 Å². The van der Waals surface area contributed by atoms with Gasteiger partial charge in [-0.25, -0.2) is 0 Å². The van der Waals surface area contributed by atoms with Crippen LogP contribution in [0.1, 0.15) is 38.2 Å². The van der Waals surface area contributed by atoms with Gasteiger partial charge in [-0.1, -0.05) is 13.0 Å². The molecule has 1 aliphatic carbocycles. The minimum Gasteiger partial charge on any atom is -0.508 e. The van der Waals surface area contributed by atoms with E-state index in [1.54, 1.807) is 12.1 Å². The van der Waals surface area contributed by atoms with Crippen LogP contribution in [0.3, 0.4) is 0 Å². The van der Waals surface area contributed by atoms with Gasteiger partial charge in [0.1, 0.15) is 11.5 Å². The molecule has 0 aromatic heterocycles. The van der Waals surface area contributed by atoms with Gasteiger partial charge < -0.3 is 14.9 Å². The van der Waals surface area contributed by atoms with E-state index in [0.717, 1.165) is 31.2 Å². The Balaban J connectivity index is 2.15. The quantitative estimate of drug-likeness (QED) is 0.806. The largest absolute Gasteiger partial charge is 0.508 e. The molecule has 0 heterocycles. The summed E-state index contributed by atoms with van der Waals surface area (Å²) in [6.07, 6.45) is 3.18. The third kappa shape index (κ3) is 2.67. The van der Waals surface area contributed by atoms with Gasteiger partial charge in [-0.05, 0) is 37.2 Å². The second kappa shape index (κ2) is 5.11. The third-order valence-corrected chi connectivity index (χ3v) is 4.26. The van der Waals surface area contributed by atoms with Crippen molar-refractivity contribution in [3.63, 3.8) is 0 Å². The van der Waals surface area contributed by atoms with E-state index >= 15 is 0 Å². The number of phenolic OH excluding ortho intramolecular Hbond substituents is 2. The summed E-state index contributed by atoms with van der Waals surface area (Å²) >= 11 is 0. The van der Waals surface area contributed by atoms with E-state index in [4.69, 9.17) is 4.74 Å². The van der Waals surface area contributed by atoms with Gasteiger partial charge in [0.15, 0.2) is 0 Å². The van der Waals surface area contributed by atoms with E-state index in [1.165, 1.54) is 13.2 Å². The van der Waals surface area contributed by atoms with Crippen molar-refractivity contribution >= 4 is 5.97 Å². The molecule has 0 unspecified atom stereocenters. The molecule has 1 saturated carbocycles. The Hall–Kier alpha value is -1.71. The van der Waals surface area contributed by atoms with Gasteiger partial charge in [-0.2, -0.15) is 0 Å². The van der Waals surface area contributed by atoms with Crippen molar-refractivity contribution in [3.05, 3.63) is 23.8 Å². The van der Waals surface area contributed by atoms with Gasteiger partial charge >= 0.3 is 5.97 Å². The summed E-state index contributed by atoms with van der Waals surface area (Å²) < 4.78 is 4.78. The van der Waals surface area contributed by atoms with E-state index in [2.05, 4.69) is 6.92 Å². The van der Waals surface area contributed by atoms with Crippen LogP contribution in [-0.4, -0.2) is 23.3 Å². The second-order valence-electron chi connectivity index (χ2n) is 5.56. The zero-order valence-corrected chi connectivity index (χ0v) is 11.3. The number of hydrogen-bond acceptors (Lipinski definition) is 4. The molecule has 0 spiro atoms. The number of rotatable bonds is 2. The van der Waals surface area contributed by atoms with Gasteiger partial charge in [0.25, 0.3) is 0 Å². The maximum absolute atomic E-state index is 11.5. The molecule has 4 nitrogen and oxygen atoms in total. The lowest BCUT2D eigenvalue weighted by atomic mass is 9.67. The number of methoxy groups -OCH3 is 1. The maximum atomic E-state index is 11.5. The third-order valence-electron chi connectivity index (χ3n) is 4.26. The highest BCUT2D eigenvalue weighted by Crippen LogP contribution is 2.45. The number of hydrogen-bond donors (Lipinski definition) is 2. The number of ether oxygens (including phenoxy) is 1. The summed E-state index contributed by atoms with van der Waals surface area (Å²) in [5.74, 6) is 0.0152. The Bertz CT molecular complexity index is 473. The first-order valence-corrected chi connectivity index (χ1v) is 6.56. The number of aromatic hydroxyl groups is 2. The molecule has 0 amide bonds. The van der Waals surface area contributed by atoms with Crippen LogP contribution < -0.4 is 0 Å². The van der Waals surface area contributed by atoms with Crippen molar-refractivity contribution in [2.75, 3.05) is 7.11 Å². The van der Waals surface area contributed by atoms with E-state index in [0.29, 0.717) is 0 Å². The molecule has 2 rings (SSSR count). The van der Waals surface area contributed by atoms with Crippen LogP contribution in [0.25, 0.3) is 0 Å². The van der Waals surface area contributed by atoms with Crippen molar-refractivity contribution in [2.24, 2.45) is 5.92 Å². The molecule has 19 heavy (non-hydrogen) atoms. The van der Waals surface area contributed by atoms with E-state index in [1.807, 2.05) is 0 Å². The number of carbonyl (C=O) groups is 1. The molecule has 1 fully saturated rings. The van der Waals surface area contributed by atoms with Crippen LogP contribution in [0.15, 0.2) is 18.2 Å². The van der Waals surface area contributed by atoms with Gasteiger partial charge in [0.2, 0.25) is 0 Å². The average molecular weight is 264 g/mol. The molecular formula is C15H20O4. The molecule has 1 aliphatic rings. The molecule has 0 atom stereocenters. The van der Waals surface area contributed by atoms with Crippen molar-refractivity contribution in [3.8, 4) is 11.5 Å². The zero-order chi connectivity index (χ0) is 14.0. The highest BCUT2D eigenvalue weighted by Gasteiger charge is 2.37. The molecule has 0 saturated heterocycles. The molecule has 0 aliphatic heterocycles. The predicted molar refractivity (Wildman–Crippen MR) is 71.1 cm³/mol. The molecule has 0 bridgehead atoms. The summed E-state index contributed by atoms with van der Waals surface area (Å²) in [6.45, 7) is 2.09. The lowest BCUT2D eigenvalue weighted by Gasteiger charge is -2.37. The normalized spacial score (nSPS) is 26.9. The second-order valence-corrected chi connectivity index (χ2v) is 5.56. The van der Waals surface area contributed by atoms with E-state index in [-0.39, 0.29) is 28.8 Å². The first-order chi connectivity index (χ1) is 8.96. The first kappa shape index (κ1) is 13.7.